The van der Waals surface area contributed by atoms with E-state index in [2.05, 4.69) is 41.8 Å². The lowest BCUT2D eigenvalue weighted by Crippen LogP contribution is -2.28. The second-order valence-electron chi connectivity index (χ2n) is 8.32. The zero-order valence-corrected chi connectivity index (χ0v) is 20.8. The van der Waals surface area contributed by atoms with Gasteiger partial charge in [-0.15, -0.1) is 12.4 Å². The third-order valence-corrected chi connectivity index (χ3v) is 5.75. The number of anilines is 2. The number of halogens is 1. The van der Waals surface area contributed by atoms with Crippen LogP contribution in [-0.4, -0.2) is 30.3 Å². The highest BCUT2D eigenvalue weighted by atomic mass is 35.5. The van der Waals surface area contributed by atoms with Crippen LogP contribution in [0.3, 0.4) is 0 Å². The lowest BCUT2D eigenvalue weighted by atomic mass is 9.96. The number of carbonyl (C=O) groups is 1. The first-order valence-corrected chi connectivity index (χ1v) is 11.6. The van der Waals surface area contributed by atoms with Crippen LogP contribution in [0, 0.1) is 6.92 Å². The molecule has 1 atom stereocenters. The molecule has 4 rings (SSSR count). The Labute approximate surface area is 212 Å². The summed E-state index contributed by atoms with van der Waals surface area (Å²) < 4.78 is 5.57. The summed E-state index contributed by atoms with van der Waals surface area (Å²) in [5, 5.41) is 16.1. The fourth-order valence-corrected chi connectivity index (χ4v) is 4.02. The van der Waals surface area contributed by atoms with Gasteiger partial charge in [0.15, 0.2) is 0 Å². The lowest BCUT2D eigenvalue weighted by molar-refractivity contribution is -0.111. The van der Waals surface area contributed by atoms with Gasteiger partial charge in [-0.3, -0.25) is 4.79 Å². The molecule has 1 amide bonds. The van der Waals surface area contributed by atoms with Gasteiger partial charge in [-0.05, 0) is 54.8 Å². The summed E-state index contributed by atoms with van der Waals surface area (Å²) in [6.07, 6.45) is 5.29. The number of fused-ring (bicyclic) bond motifs is 1. The average molecular weight is 491 g/mol. The first kappa shape index (κ1) is 26.1. The number of benzene rings is 3. The van der Waals surface area contributed by atoms with E-state index >= 15 is 0 Å². The number of nitrogens with one attached hydrogen (secondary N) is 2. The van der Waals surface area contributed by atoms with Crippen molar-refractivity contribution >= 4 is 35.3 Å². The Morgan fingerprint density at radius 3 is 2.46 bits per heavy atom. The van der Waals surface area contributed by atoms with Crippen molar-refractivity contribution in [3.8, 4) is 5.75 Å². The maximum absolute atomic E-state index is 12.7. The van der Waals surface area contributed by atoms with Crippen molar-refractivity contribution in [2.75, 3.05) is 23.8 Å². The van der Waals surface area contributed by atoms with Crippen LogP contribution in [0.15, 0.2) is 85.0 Å². The Bertz CT molecular complexity index is 1200. The number of rotatable bonds is 7. The Balaban J connectivity index is 0.00000342. The molecule has 6 heteroatoms. The van der Waals surface area contributed by atoms with E-state index in [9.17, 15) is 9.90 Å². The number of hydrogen-bond donors (Lipinski definition) is 3. The first-order valence-electron chi connectivity index (χ1n) is 11.6. The Morgan fingerprint density at radius 2 is 1.77 bits per heavy atom. The minimum absolute atomic E-state index is 0. The number of hydrogen-bond acceptors (Lipinski definition) is 4. The molecule has 1 heterocycles. The number of aliphatic hydroxyl groups is 1. The van der Waals surface area contributed by atoms with Gasteiger partial charge in [0.25, 0.3) is 0 Å². The van der Waals surface area contributed by atoms with Crippen LogP contribution in [0.25, 0.3) is 5.57 Å². The summed E-state index contributed by atoms with van der Waals surface area (Å²) in [4.78, 5) is 12.7. The van der Waals surface area contributed by atoms with E-state index in [0.29, 0.717) is 25.3 Å². The fourth-order valence-electron chi connectivity index (χ4n) is 4.02. The molecule has 0 fully saturated rings. The lowest BCUT2D eigenvalue weighted by Gasteiger charge is -2.24. The first-order chi connectivity index (χ1) is 16.5. The summed E-state index contributed by atoms with van der Waals surface area (Å²) >= 11 is 0. The molecule has 5 nitrogen and oxygen atoms in total. The molecule has 182 valence electrons. The van der Waals surface area contributed by atoms with E-state index in [-0.39, 0.29) is 18.3 Å². The van der Waals surface area contributed by atoms with E-state index in [1.54, 1.807) is 6.08 Å². The second kappa shape index (κ2) is 12.2. The molecule has 3 N–H and O–H groups in total. The predicted molar refractivity (Wildman–Crippen MR) is 146 cm³/mol. The van der Waals surface area contributed by atoms with Crippen LogP contribution >= 0.6 is 12.4 Å². The van der Waals surface area contributed by atoms with Crippen molar-refractivity contribution in [3.63, 3.8) is 0 Å². The molecule has 1 unspecified atom stereocenters. The van der Waals surface area contributed by atoms with E-state index in [0.717, 1.165) is 33.7 Å². The third-order valence-electron chi connectivity index (χ3n) is 5.75. The smallest absolute Gasteiger partial charge is 0.248 e. The van der Waals surface area contributed by atoms with Gasteiger partial charge in [0, 0.05) is 36.0 Å². The predicted octanol–water partition coefficient (Wildman–Crippen LogP) is 5.77. The van der Waals surface area contributed by atoms with Crippen molar-refractivity contribution in [1.29, 1.82) is 0 Å². The highest BCUT2D eigenvalue weighted by Gasteiger charge is 2.19. The molecule has 3 aromatic rings. The molecule has 1 aliphatic heterocycles. The number of β-amino-alcohol motifs (C(OH)–C–C–N with tert-alkyl or cyclic N) is 1. The summed E-state index contributed by atoms with van der Waals surface area (Å²) in [6.45, 7) is 5.16. The standard InChI is InChI=1S/C29H30N2O3.ClH/c1-3-34-24-16-14-22(15-17-24)25(21-12-10-20(2)11-13-21)6-4-9-29(33)31-28-8-5-7-27-26(28)18-23(32)19-30-27;/h4-17,23,30,32H,3,18-19H2,1-2H3,(H,31,33);1H/b9-4+,25-6-;. The van der Waals surface area contributed by atoms with Gasteiger partial charge < -0.3 is 20.5 Å². The molecule has 0 saturated heterocycles. The monoisotopic (exact) mass is 490 g/mol. The minimum atomic E-state index is -0.463. The van der Waals surface area contributed by atoms with Gasteiger partial charge in [-0.25, -0.2) is 0 Å². The van der Waals surface area contributed by atoms with Gasteiger partial charge in [-0.1, -0.05) is 60.2 Å². The van der Waals surface area contributed by atoms with Gasteiger partial charge in [0.2, 0.25) is 5.91 Å². The zero-order valence-electron chi connectivity index (χ0n) is 20.0. The molecular weight excluding hydrogens is 460 g/mol. The largest absolute Gasteiger partial charge is 0.494 e. The molecular formula is C29H31ClN2O3. The number of ether oxygens (including phenoxy) is 1. The number of carbonyl (C=O) groups excluding carboxylic acids is 1. The molecule has 0 radical (unpaired) electrons. The van der Waals surface area contributed by atoms with Crippen LogP contribution in [-0.2, 0) is 11.2 Å². The van der Waals surface area contributed by atoms with Crippen molar-refractivity contribution in [3.05, 3.63) is 107 Å². The summed E-state index contributed by atoms with van der Waals surface area (Å²) in [6, 6.07) is 22.0. The normalized spacial score (nSPS) is 15.1. The highest BCUT2D eigenvalue weighted by molar-refractivity contribution is 6.00. The van der Waals surface area contributed by atoms with Crippen LogP contribution in [0.5, 0.6) is 5.75 Å². The molecule has 0 bridgehead atoms. The van der Waals surface area contributed by atoms with E-state index in [1.807, 2.05) is 55.5 Å². The Kier molecular flexibility index (Phi) is 9.12. The Morgan fingerprint density at radius 1 is 1.09 bits per heavy atom. The number of aliphatic hydroxyl groups excluding tert-OH is 1. The molecule has 3 aromatic carbocycles. The van der Waals surface area contributed by atoms with Crippen molar-refractivity contribution < 1.29 is 14.6 Å². The SMILES string of the molecule is CCOc1ccc(/C(=C\C=C\C(=O)Nc2cccc3c2CC(O)CN3)c2ccc(C)cc2)cc1.Cl. The number of allylic oxidation sites excluding steroid dienone is 2. The topological polar surface area (TPSA) is 70.6 Å². The molecule has 1 aliphatic rings. The molecule has 0 saturated carbocycles. The number of amides is 1. The van der Waals surface area contributed by atoms with Crippen LogP contribution in [0.2, 0.25) is 0 Å². The molecule has 0 aromatic heterocycles. The van der Waals surface area contributed by atoms with Crippen molar-refractivity contribution in [2.24, 2.45) is 0 Å². The van der Waals surface area contributed by atoms with Gasteiger partial charge in [-0.2, -0.15) is 0 Å². The van der Waals surface area contributed by atoms with E-state index in [4.69, 9.17) is 4.74 Å². The maximum atomic E-state index is 12.7. The summed E-state index contributed by atoms with van der Waals surface area (Å²) in [5.41, 5.74) is 6.89. The molecule has 35 heavy (non-hydrogen) atoms. The van der Waals surface area contributed by atoms with Gasteiger partial charge >= 0.3 is 0 Å². The number of aryl methyl sites for hydroxylation is 1. The van der Waals surface area contributed by atoms with Crippen molar-refractivity contribution in [2.45, 2.75) is 26.4 Å². The summed E-state index contributed by atoms with van der Waals surface area (Å²) in [7, 11) is 0. The Hall–Kier alpha value is -3.54. The highest BCUT2D eigenvalue weighted by Crippen LogP contribution is 2.29. The zero-order chi connectivity index (χ0) is 23.9. The van der Waals surface area contributed by atoms with E-state index < -0.39 is 6.10 Å². The van der Waals surface area contributed by atoms with Gasteiger partial charge in [0.05, 0.1) is 12.7 Å². The van der Waals surface area contributed by atoms with Crippen molar-refractivity contribution in [1.82, 2.24) is 0 Å². The van der Waals surface area contributed by atoms with Crippen LogP contribution in [0.1, 0.15) is 29.2 Å². The maximum Gasteiger partial charge on any atom is 0.248 e. The third kappa shape index (κ3) is 6.75. The van der Waals surface area contributed by atoms with Crippen LogP contribution in [0.4, 0.5) is 11.4 Å². The average Bonchev–Trinajstić information content (AvgIpc) is 2.84. The quantitative estimate of drug-likeness (QED) is 0.290. The van der Waals surface area contributed by atoms with Crippen LogP contribution < -0.4 is 15.4 Å². The second-order valence-corrected chi connectivity index (χ2v) is 8.32. The minimum Gasteiger partial charge on any atom is -0.494 e. The molecule has 0 spiro atoms. The van der Waals surface area contributed by atoms with E-state index in [1.165, 1.54) is 11.6 Å². The van der Waals surface area contributed by atoms with Gasteiger partial charge in [0.1, 0.15) is 5.75 Å². The fraction of sp³-hybridized carbons (Fsp3) is 0.207. The summed E-state index contributed by atoms with van der Waals surface area (Å²) in [5.74, 6) is 0.606. The molecule has 0 aliphatic carbocycles.